The van der Waals surface area contributed by atoms with E-state index in [0.717, 1.165) is 17.4 Å². The number of carboxylic acid groups (broad SMARTS) is 1. The van der Waals surface area contributed by atoms with E-state index in [1.807, 2.05) is 6.07 Å². The van der Waals surface area contributed by atoms with Crippen LogP contribution < -0.4 is 5.32 Å². The molecule has 3 rings (SSSR count). The Bertz CT molecular complexity index is 936. The van der Waals surface area contributed by atoms with Crippen molar-refractivity contribution >= 4 is 39.8 Å². The molecule has 0 saturated heterocycles. The van der Waals surface area contributed by atoms with Crippen molar-refractivity contribution in [1.29, 1.82) is 0 Å². The van der Waals surface area contributed by atoms with Gasteiger partial charge >= 0.3 is 5.97 Å². The fraction of sp³-hybridized carbons (Fsp3) is 0. The van der Waals surface area contributed by atoms with Crippen LogP contribution in [0.1, 0.15) is 20.7 Å². The first-order valence-electron chi connectivity index (χ1n) is 7.14. The first-order valence-corrected chi connectivity index (χ1v) is 8.40. The minimum absolute atomic E-state index is 0.0444. The van der Waals surface area contributed by atoms with Crippen LogP contribution in [0, 0.1) is 5.82 Å². The molecule has 0 aliphatic heterocycles. The molecule has 1 heterocycles. The van der Waals surface area contributed by atoms with Crippen molar-refractivity contribution in [3.05, 3.63) is 75.9 Å². The fourth-order valence-electron chi connectivity index (χ4n) is 2.37. The van der Waals surface area contributed by atoms with Gasteiger partial charge in [0.2, 0.25) is 0 Å². The first kappa shape index (κ1) is 17.1. The largest absolute Gasteiger partial charge is 0.478 e. The summed E-state index contributed by atoms with van der Waals surface area (Å²) < 4.78 is 13.9. The molecule has 0 radical (unpaired) electrons. The summed E-state index contributed by atoms with van der Waals surface area (Å²) >= 11 is 6.94. The van der Waals surface area contributed by atoms with Crippen molar-refractivity contribution in [3.8, 4) is 11.1 Å². The molecule has 4 nitrogen and oxygen atoms in total. The Morgan fingerprint density at radius 3 is 2.40 bits per heavy atom. The number of hydrogen-bond donors (Lipinski definition) is 2. The van der Waals surface area contributed by atoms with Crippen LogP contribution >= 0.6 is 22.9 Å². The lowest BCUT2D eigenvalue weighted by atomic mass is 10.0. The molecule has 1 amide bonds. The van der Waals surface area contributed by atoms with Crippen LogP contribution in [0.5, 0.6) is 0 Å². The number of hydrogen-bond acceptors (Lipinski definition) is 3. The number of aromatic carboxylic acids is 1. The summed E-state index contributed by atoms with van der Waals surface area (Å²) in [5.41, 5.74) is 0.820. The van der Waals surface area contributed by atoms with Crippen molar-refractivity contribution in [2.75, 3.05) is 5.32 Å². The Labute approximate surface area is 151 Å². The molecular formula is C18H11ClFNO3S. The molecule has 0 saturated carbocycles. The Hall–Kier alpha value is -2.70. The molecule has 1 aromatic heterocycles. The molecular weight excluding hydrogens is 365 g/mol. The Morgan fingerprint density at radius 2 is 1.76 bits per heavy atom. The van der Waals surface area contributed by atoms with Gasteiger partial charge in [-0.05, 0) is 17.7 Å². The van der Waals surface area contributed by atoms with Crippen LogP contribution in [0.3, 0.4) is 0 Å². The lowest BCUT2D eigenvalue weighted by Crippen LogP contribution is -2.15. The molecule has 2 aromatic carbocycles. The van der Waals surface area contributed by atoms with Gasteiger partial charge in [0.15, 0.2) is 0 Å². The van der Waals surface area contributed by atoms with Crippen molar-refractivity contribution in [3.63, 3.8) is 0 Å². The molecule has 2 N–H and O–H groups in total. The summed E-state index contributed by atoms with van der Waals surface area (Å²) in [5.74, 6) is -2.76. The monoisotopic (exact) mass is 375 g/mol. The molecule has 7 heteroatoms. The van der Waals surface area contributed by atoms with Gasteiger partial charge in [-0.2, -0.15) is 0 Å². The summed E-state index contributed by atoms with van der Waals surface area (Å²) in [7, 11) is 0. The lowest BCUT2D eigenvalue weighted by molar-refractivity contribution is 0.0699. The second-order valence-electron chi connectivity index (χ2n) is 5.08. The topological polar surface area (TPSA) is 66.4 Å². The number of carbonyl (C=O) groups is 2. The third kappa shape index (κ3) is 3.40. The minimum atomic E-state index is -1.19. The number of halogens is 2. The van der Waals surface area contributed by atoms with Gasteiger partial charge in [0, 0.05) is 10.9 Å². The van der Waals surface area contributed by atoms with Gasteiger partial charge in [-0.15, -0.1) is 11.3 Å². The van der Waals surface area contributed by atoms with E-state index in [0.29, 0.717) is 11.1 Å². The second-order valence-corrected chi connectivity index (χ2v) is 6.36. The van der Waals surface area contributed by atoms with Gasteiger partial charge in [-0.1, -0.05) is 48.0 Å². The predicted molar refractivity (Wildman–Crippen MR) is 96.1 cm³/mol. The number of thiophene rings is 1. The highest BCUT2D eigenvalue weighted by Gasteiger charge is 2.23. The third-order valence-electron chi connectivity index (χ3n) is 3.51. The maximum Gasteiger partial charge on any atom is 0.339 e. The third-order valence-corrected chi connectivity index (χ3v) is 4.72. The summed E-state index contributed by atoms with van der Waals surface area (Å²) in [4.78, 5) is 24.0. The van der Waals surface area contributed by atoms with E-state index in [9.17, 15) is 19.1 Å². The molecule has 0 atom stereocenters. The van der Waals surface area contributed by atoms with Gasteiger partial charge < -0.3 is 10.4 Å². The molecule has 126 valence electrons. The van der Waals surface area contributed by atoms with Crippen molar-refractivity contribution < 1.29 is 19.1 Å². The standard InChI is InChI=1S/C18H11ClFNO3S/c19-12-7-4-8-13(20)15(12)16(22)21-17-14(18(23)24)11(9-25-17)10-5-2-1-3-6-10/h1-9H,(H,21,22)(H,23,24). The van der Waals surface area contributed by atoms with E-state index >= 15 is 0 Å². The SMILES string of the molecule is O=C(Nc1scc(-c2ccccc2)c1C(=O)O)c1c(F)cccc1Cl. The highest BCUT2D eigenvalue weighted by Crippen LogP contribution is 2.36. The van der Waals surface area contributed by atoms with E-state index < -0.39 is 17.7 Å². The Balaban J connectivity index is 2.00. The number of amides is 1. The maximum absolute atomic E-state index is 13.9. The lowest BCUT2D eigenvalue weighted by Gasteiger charge is -2.08. The molecule has 0 spiro atoms. The van der Waals surface area contributed by atoms with Crippen LogP contribution in [-0.4, -0.2) is 17.0 Å². The summed E-state index contributed by atoms with van der Waals surface area (Å²) in [6.45, 7) is 0. The van der Waals surface area contributed by atoms with E-state index in [4.69, 9.17) is 11.6 Å². The van der Waals surface area contributed by atoms with Crippen molar-refractivity contribution in [2.45, 2.75) is 0 Å². The van der Waals surface area contributed by atoms with Crippen LogP contribution in [0.25, 0.3) is 11.1 Å². The average Bonchev–Trinajstić information content (AvgIpc) is 2.99. The molecule has 3 aromatic rings. The van der Waals surface area contributed by atoms with Crippen molar-refractivity contribution in [1.82, 2.24) is 0 Å². The maximum atomic E-state index is 13.9. The number of anilines is 1. The van der Waals surface area contributed by atoms with Crippen molar-refractivity contribution in [2.24, 2.45) is 0 Å². The van der Waals surface area contributed by atoms with Gasteiger partial charge in [-0.25, -0.2) is 9.18 Å². The summed E-state index contributed by atoms with van der Waals surface area (Å²) in [6, 6.07) is 12.8. The van der Waals surface area contributed by atoms with Crippen LogP contribution in [0.4, 0.5) is 9.39 Å². The number of rotatable bonds is 4. The first-order chi connectivity index (χ1) is 12.0. The number of carboxylic acids is 1. The fourth-order valence-corrected chi connectivity index (χ4v) is 3.58. The summed E-state index contributed by atoms with van der Waals surface area (Å²) in [5, 5.41) is 13.7. The molecule has 0 aliphatic carbocycles. The molecule has 0 aliphatic rings. The second kappa shape index (κ2) is 7.04. The van der Waals surface area contributed by atoms with E-state index in [1.54, 1.807) is 29.6 Å². The number of nitrogens with one attached hydrogen (secondary N) is 1. The van der Waals surface area contributed by atoms with Gasteiger partial charge in [0.25, 0.3) is 5.91 Å². The quantitative estimate of drug-likeness (QED) is 0.662. The molecule has 0 fully saturated rings. The zero-order valence-electron chi connectivity index (χ0n) is 12.6. The zero-order valence-corrected chi connectivity index (χ0v) is 14.2. The zero-order chi connectivity index (χ0) is 18.0. The van der Waals surface area contributed by atoms with Crippen LogP contribution in [0.2, 0.25) is 5.02 Å². The van der Waals surface area contributed by atoms with Gasteiger partial charge in [-0.3, -0.25) is 4.79 Å². The highest BCUT2D eigenvalue weighted by atomic mass is 35.5. The molecule has 25 heavy (non-hydrogen) atoms. The van der Waals surface area contributed by atoms with E-state index in [-0.39, 0.29) is 21.2 Å². The Morgan fingerprint density at radius 1 is 1.04 bits per heavy atom. The summed E-state index contributed by atoms with van der Waals surface area (Å²) in [6.07, 6.45) is 0. The highest BCUT2D eigenvalue weighted by molar-refractivity contribution is 7.15. The normalized spacial score (nSPS) is 10.5. The molecule has 0 bridgehead atoms. The minimum Gasteiger partial charge on any atom is -0.478 e. The van der Waals surface area contributed by atoms with Gasteiger partial charge in [0.1, 0.15) is 16.4 Å². The Kier molecular flexibility index (Phi) is 4.83. The van der Waals surface area contributed by atoms with E-state index in [2.05, 4.69) is 5.32 Å². The van der Waals surface area contributed by atoms with Crippen LogP contribution in [-0.2, 0) is 0 Å². The van der Waals surface area contributed by atoms with Crippen LogP contribution in [0.15, 0.2) is 53.9 Å². The average molecular weight is 376 g/mol. The van der Waals surface area contributed by atoms with E-state index in [1.165, 1.54) is 12.1 Å². The number of carbonyl (C=O) groups excluding carboxylic acids is 1. The molecule has 0 unspecified atom stereocenters. The van der Waals surface area contributed by atoms with Gasteiger partial charge in [0.05, 0.1) is 10.6 Å². The smallest absolute Gasteiger partial charge is 0.339 e. The predicted octanol–water partition coefficient (Wildman–Crippen LogP) is 5.16. The number of benzene rings is 2.